The molecule has 0 aliphatic carbocycles. The van der Waals surface area contributed by atoms with Crippen LogP contribution in [0.2, 0.25) is 5.02 Å². The zero-order valence-corrected chi connectivity index (χ0v) is 14.9. The smallest absolute Gasteiger partial charge is 0.288 e. The van der Waals surface area contributed by atoms with Crippen LogP contribution >= 0.6 is 23.8 Å². The molecule has 9 heteroatoms. The molecule has 0 unspecified atom stereocenters. The van der Waals surface area contributed by atoms with E-state index in [1.54, 1.807) is 12.1 Å². The second kappa shape index (κ2) is 7.56. The van der Waals surface area contributed by atoms with E-state index in [0.29, 0.717) is 10.6 Å². The van der Waals surface area contributed by atoms with Crippen LogP contribution in [0.15, 0.2) is 36.4 Å². The molecule has 2 N–H and O–H groups in total. The van der Waals surface area contributed by atoms with Crippen molar-refractivity contribution in [2.75, 3.05) is 5.06 Å². The Balaban J connectivity index is 2.16. The van der Waals surface area contributed by atoms with Crippen LogP contribution in [0.4, 0.5) is 11.4 Å². The first-order valence-electron chi connectivity index (χ1n) is 7.05. The maximum absolute atomic E-state index is 12.3. The molecule has 0 saturated carbocycles. The number of thiocarbonyl (C=S) groups is 1. The number of carbonyl (C=O) groups is 1. The lowest BCUT2D eigenvalue weighted by atomic mass is 10.1. The molecule has 7 nitrogen and oxygen atoms in total. The quantitative estimate of drug-likeness (QED) is 0.478. The van der Waals surface area contributed by atoms with Gasteiger partial charge in [-0.15, -0.1) is 0 Å². The van der Waals surface area contributed by atoms with Gasteiger partial charge in [0.05, 0.1) is 10.6 Å². The Morgan fingerprint density at radius 3 is 2.36 bits per heavy atom. The first-order chi connectivity index (χ1) is 11.7. The molecule has 0 spiro atoms. The number of carbonyl (C=O) groups excluding carboxylic acids is 1. The first-order valence-corrected chi connectivity index (χ1v) is 7.84. The Bertz CT molecular complexity index is 852. The molecule has 0 aliphatic heterocycles. The van der Waals surface area contributed by atoms with Crippen molar-refractivity contribution in [2.45, 2.75) is 13.8 Å². The lowest BCUT2D eigenvalue weighted by Crippen LogP contribution is -2.41. The van der Waals surface area contributed by atoms with Gasteiger partial charge in [-0.1, -0.05) is 28.8 Å². The normalized spacial score (nSPS) is 10.2. The van der Waals surface area contributed by atoms with Gasteiger partial charge >= 0.3 is 0 Å². The van der Waals surface area contributed by atoms with Crippen LogP contribution in [0.3, 0.4) is 0 Å². The van der Waals surface area contributed by atoms with Crippen molar-refractivity contribution >= 4 is 46.2 Å². The van der Waals surface area contributed by atoms with Crippen LogP contribution < -0.4 is 10.4 Å². The predicted molar refractivity (Wildman–Crippen MR) is 98.4 cm³/mol. The maximum atomic E-state index is 12.3. The van der Waals surface area contributed by atoms with Crippen LogP contribution in [-0.4, -0.2) is 21.2 Å². The molecule has 0 heterocycles. The van der Waals surface area contributed by atoms with Crippen LogP contribution in [0.5, 0.6) is 0 Å². The van der Waals surface area contributed by atoms with E-state index in [1.165, 1.54) is 12.1 Å². The second-order valence-corrected chi connectivity index (χ2v) is 6.13. The lowest BCUT2D eigenvalue weighted by molar-refractivity contribution is -0.384. The SMILES string of the molecule is Cc1cc(C)cc(C(=O)NC(=S)N(O)c2ccc([N+](=O)[O-])c(Cl)c2)c1. The minimum Gasteiger partial charge on any atom is -0.297 e. The third kappa shape index (κ3) is 4.50. The number of hydroxylamine groups is 1. The summed E-state index contributed by atoms with van der Waals surface area (Å²) in [6, 6.07) is 8.88. The number of rotatable bonds is 3. The van der Waals surface area contributed by atoms with E-state index >= 15 is 0 Å². The van der Waals surface area contributed by atoms with Gasteiger partial charge in [0.1, 0.15) is 5.02 Å². The fourth-order valence-electron chi connectivity index (χ4n) is 2.22. The van der Waals surface area contributed by atoms with Gasteiger partial charge in [-0.2, -0.15) is 5.06 Å². The highest BCUT2D eigenvalue weighted by Gasteiger charge is 2.18. The summed E-state index contributed by atoms with van der Waals surface area (Å²) in [5, 5.41) is 23.3. The zero-order valence-electron chi connectivity index (χ0n) is 13.3. The summed E-state index contributed by atoms with van der Waals surface area (Å²) >= 11 is 10.8. The van der Waals surface area contributed by atoms with Gasteiger partial charge in [0.2, 0.25) is 5.11 Å². The highest BCUT2D eigenvalue weighted by atomic mass is 35.5. The molecule has 0 aromatic heterocycles. The number of nitrogens with zero attached hydrogens (tertiary/aromatic N) is 2. The second-order valence-electron chi connectivity index (χ2n) is 5.34. The molecule has 2 aromatic rings. The number of benzene rings is 2. The van der Waals surface area contributed by atoms with E-state index in [-0.39, 0.29) is 21.5 Å². The van der Waals surface area contributed by atoms with E-state index in [1.807, 2.05) is 19.9 Å². The predicted octanol–water partition coefficient (Wildman–Crippen LogP) is 3.78. The third-order valence-corrected chi connectivity index (χ3v) is 3.85. The van der Waals surface area contributed by atoms with E-state index < -0.39 is 10.8 Å². The minimum absolute atomic E-state index is 0.0846. The topological polar surface area (TPSA) is 95.7 Å². The number of amides is 1. The molecular formula is C16H14ClN3O4S. The number of nitrogens with one attached hydrogen (secondary N) is 1. The number of anilines is 1. The van der Waals surface area contributed by atoms with Crippen molar-refractivity contribution in [3.63, 3.8) is 0 Å². The molecule has 130 valence electrons. The maximum Gasteiger partial charge on any atom is 0.288 e. The summed E-state index contributed by atoms with van der Waals surface area (Å²) in [6.07, 6.45) is 0. The van der Waals surface area contributed by atoms with Gasteiger partial charge in [0.25, 0.3) is 11.6 Å². The minimum atomic E-state index is -0.645. The molecule has 2 rings (SSSR count). The molecule has 0 radical (unpaired) electrons. The molecule has 0 saturated heterocycles. The van der Waals surface area contributed by atoms with Crippen LogP contribution in [0.1, 0.15) is 21.5 Å². The Morgan fingerprint density at radius 1 is 1.24 bits per heavy atom. The highest BCUT2D eigenvalue weighted by molar-refractivity contribution is 7.80. The number of halogens is 1. The number of hydrogen-bond acceptors (Lipinski definition) is 5. The van der Waals surface area contributed by atoms with E-state index in [4.69, 9.17) is 23.8 Å². The Hall–Kier alpha value is -2.55. The monoisotopic (exact) mass is 379 g/mol. The van der Waals surface area contributed by atoms with E-state index in [9.17, 15) is 20.1 Å². The van der Waals surface area contributed by atoms with E-state index in [0.717, 1.165) is 17.2 Å². The number of hydrogen-bond donors (Lipinski definition) is 2. The van der Waals surface area contributed by atoms with Gasteiger partial charge in [-0.25, -0.2) is 0 Å². The van der Waals surface area contributed by atoms with Gasteiger partial charge in [0.15, 0.2) is 0 Å². The van der Waals surface area contributed by atoms with Crippen molar-refractivity contribution in [2.24, 2.45) is 0 Å². The Labute approximate surface area is 153 Å². The summed E-state index contributed by atoms with van der Waals surface area (Å²) < 4.78 is 0. The number of nitro benzene ring substituents is 1. The highest BCUT2D eigenvalue weighted by Crippen LogP contribution is 2.28. The fourth-order valence-corrected chi connectivity index (χ4v) is 2.66. The zero-order chi connectivity index (χ0) is 18.7. The van der Waals surface area contributed by atoms with Gasteiger partial charge < -0.3 is 0 Å². The largest absolute Gasteiger partial charge is 0.297 e. The molecule has 0 atom stereocenters. The third-order valence-electron chi connectivity index (χ3n) is 3.27. The average Bonchev–Trinajstić information content (AvgIpc) is 2.52. The fraction of sp³-hybridized carbons (Fsp3) is 0.125. The summed E-state index contributed by atoms with van der Waals surface area (Å²) in [5.74, 6) is -0.483. The molecule has 0 fully saturated rings. The van der Waals surface area contributed by atoms with Crippen molar-refractivity contribution in [3.05, 3.63) is 68.2 Å². The molecule has 1 amide bonds. The Morgan fingerprint density at radius 2 is 1.84 bits per heavy atom. The molecule has 0 aliphatic rings. The first kappa shape index (κ1) is 18.8. The molecular weight excluding hydrogens is 366 g/mol. The van der Waals surface area contributed by atoms with Crippen molar-refractivity contribution in [1.29, 1.82) is 0 Å². The summed E-state index contributed by atoms with van der Waals surface area (Å²) in [7, 11) is 0. The van der Waals surface area contributed by atoms with Crippen LogP contribution in [-0.2, 0) is 0 Å². The molecule has 0 bridgehead atoms. The van der Waals surface area contributed by atoms with Gasteiger partial charge in [-0.05, 0) is 50.3 Å². The standard InChI is InChI=1S/C16H14ClN3O4S/c1-9-5-10(2)7-11(6-9)15(21)18-16(25)19(22)12-3-4-14(20(23)24)13(17)8-12/h3-8,22H,1-2H3,(H,18,21,25). The average molecular weight is 380 g/mol. The number of aryl methyl sites for hydroxylation is 2. The molecule has 2 aromatic carbocycles. The lowest BCUT2D eigenvalue weighted by Gasteiger charge is -2.18. The van der Waals surface area contributed by atoms with E-state index in [2.05, 4.69) is 5.32 Å². The molecule has 25 heavy (non-hydrogen) atoms. The van der Waals surface area contributed by atoms with Crippen molar-refractivity contribution in [3.8, 4) is 0 Å². The van der Waals surface area contributed by atoms with Gasteiger partial charge in [0, 0.05) is 11.6 Å². The van der Waals surface area contributed by atoms with Gasteiger partial charge in [-0.3, -0.25) is 25.4 Å². The van der Waals surface area contributed by atoms with Crippen molar-refractivity contribution in [1.82, 2.24) is 5.32 Å². The van der Waals surface area contributed by atoms with Crippen LogP contribution in [0, 0.1) is 24.0 Å². The summed E-state index contributed by atoms with van der Waals surface area (Å²) in [5.41, 5.74) is 2.01. The summed E-state index contributed by atoms with van der Waals surface area (Å²) in [6.45, 7) is 3.72. The summed E-state index contributed by atoms with van der Waals surface area (Å²) in [4.78, 5) is 22.4. The van der Waals surface area contributed by atoms with Crippen molar-refractivity contribution < 1.29 is 14.9 Å². The number of nitro groups is 1. The Kier molecular flexibility index (Phi) is 5.68. The van der Waals surface area contributed by atoms with Crippen LogP contribution in [0.25, 0.3) is 0 Å².